The molecule has 0 unspecified atom stereocenters. The first-order valence-corrected chi connectivity index (χ1v) is 10.3. The molecule has 2 rings (SSSR count). The van der Waals surface area contributed by atoms with E-state index in [-0.39, 0.29) is 0 Å². The molecule has 0 aliphatic heterocycles. The number of benzene rings is 1. The molecule has 0 fully saturated rings. The Hall–Kier alpha value is -3.54. The van der Waals surface area contributed by atoms with Crippen molar-refractivity contribution < 1.29 is 0 Å². The Kier molecular flexibility index (Phi) is 8.88. The third-order valence-electron chi connectivity index (χ3n) is 4.68. The predicted molar refractivity (Wildman–Crippen MR) is 134 cm³/mol. The minimum Gasteiger partial charge on any atom is -0.404 e. The molecule has 0 atom stereocenters. The van der Waals surface area contributed by atoms with E-state index < -0.39 is 0 Å². The highest BCUT2D eigenvalue weighted by molar-refractivity contribution is 5.62. The molecular weight excluding hydrogens is 384 g/mol. The van der Waals surface area contributed by atoms with Gasteiger partial charge < -0.3 is 20.9 Å². The smallest absolute Gasteiger partial charge is 0.229 e. The van der Waals surface area contributed by atoms with Crippen LogP contribution in [-0.4, -0.2) is 37.7 Å². The molecular formula is C25H34N6. The summed E-state index contributed by atoms with van der Waals surface area (Å²) in [6.07, 6.45) is 10.2. The summed E-state index contributed by atoms with van der Waals surface area (Å²) in [5, 5.41) is 3.38. The van der Waals surface area contributed by atoms with Crippen molar-refractivity contribution in [2.45, 2.75) is 20.3 Å². The van der Waals surface area contributed by atoms with Crippen molar-refractivity contribution in [3.05, 3.63) is 84.1 Å². The van der Waals surface area contributed by atoms with Crippen molar-refractivity contribution in [3.63, 3.8) is 0 Å². The van der Waals surface area contributed by atoms with Crippen LogP contribution in [0.1, 0.15) is 18.9 Å². The van der Waals surface area contributed by atoms with Crippen molar-refractivity contribution >= 4 is 23.3 Å². The summed E-state index contributed by atoms with van der Waals surface area (Å²) in [6.45, 7) is 8.55. The second-order valence-corrected chi connectivity index (χ2v) is 7.69. The number of allylic oxidation sites excluding steroid dienone is 5. The number of nitrogens with one attached hydrogen (secondary N) is 1. The second-order valence-electron chi connectivity index (χ2n) is 7.69. The van der Waals surface area contributed by atoms with E-state index in [0.717, 1.165) is 41.4 Å². The number of aryl methyl sites for hydroxylation is 1. The first kappa shape index (κ1) is 23.7. The van der Waals surface area contributed by atoms with Crippen LogP contribution in [0, 0.1) is 6.92 Å². The molecule has 6 heteroatoms. The molecule has 2 aromatic rings. The summed E-state index contributed by atoms with van der Waals surface area (Å²) in [6, 6.07) is 10.2. The number of nitrogens with two attached hydrogens (primary N) is 1. The van der Waals surface area contributed by atoms with Gasteiger partial charge in [-0.25, -0.2) is 0 Å². The topological polar surface area (TPSA) is 70.3 Å². The third kappa shape index (κ3) is 7.66. The van der Waals surface area contributed by atoms with Gasteiger partial charge in [0.05, 0.1) is 0 Å². The summed E-state index contributed by atoms with van der Waals surface area (Å²) in [5.74, 6) is 2.25. The lowest BCUT2D eigenvalue weighted by molar-refractivity contribution is 0.836. The predicted octanol–water partition coefficient (Wildman–Crippen LogP) is 4.95. The van der Waals surface area contributed by atoms with E-state index in [4.69, 9.17) is 15.7 Å². The molecule has 1 aromatic heterocycles. The van der Waals surface area contributed by atoms with Crippen molar-refractivity contribution in [1.82, 2.24) is 9.97 Å². The van der Waals surface area contributed by atoms with Crippen LogP contribution in [0.5, 0.6) is 0 Å². The van der Waals surface area contributed by atoms with Gasteiger partial charge in [-0.15, -0.1) is 0 Å². The van der Waals surface area contributed by atoms with Crippen LogP contribution in [0.15, 0.2) is 78.6 Å². The van der Waals surface area contributed by atoms with Gasteiger partial charge in [-0.1, -0.05) is 54.2 Å². The Morgan fingerprint density at radius 2 is 1.87 bits per heavy atom. The van der Waals surface area contributed by atoms with Gasteiger partial charge in [0.15, 0.2) is 0 Å². The first-order chi connectivity index (χ1) is 14.8. The summed E-state index contributed by atoms with van der Waals surface area (Å²) in [5.41, 5.74) is 10.2. The van der Waals surface area contributed by atoms with E-state index in [1.807, 2.05) is 68.2 Å². The average Bonchev–Trinajstić information content (AvgIpc) is 2.76. The Bertz CT molecular complexity index is 954. The van der Waals surface area contributed by atoms with Gasteiger partial charge in [0.25, 0.3) is 0 Å². The van der Waals surface area contributed by atoms with Crippen molar-refractivity contribution in [1.29, 1.82) is 0 Å². The van der Waals surface area contributed by atoms with Crippen LogP contribution in [-0.2, 0) is 0 Å². The highest BCUT2D eigenvalue weighted by Gasteiger charge is 2.11. The fourth-order valence-corrected chi connectivity index (χ4v) is 2.83. The second kappa shape index (κ2) is 11.6. The Labute approximate surface area is 186 Å². The summed E-state index contributed by atoms with van der Waals surface area (Å²) < 4.78 is 0. The lowest BCUT2D eigenvalue weighted by Gasteiger charge is -2.21. The van der Waals surface area contributed by atoms with E-state index in [0.29, 0.717) is 5.95 Å². The van der Waals surface area contributed by atoms with Crippen LogP contribution in [0.4, 0.5) is 23.3 Å². The number of aromatic nitrogens is 2. The molecule has 0 radical (unpaired) electrons. The number of hydrogen-bond donors (Lipinski definition) is 2. The van der Waals surface area contributed by atoms with Crippen LogP contribution >= 0.6 is 0 Å². The minimum atomic E-state index is 0.657. The van der Waals surface area contributed by atoms with Gasteiger partial charge in [0.1, 0.15) is 11.6 Å². The summed E-state index contributed by atoms with van der Waals surface area (Å²) in [4.78, 5) is 13.4. The van der Waals surface area contributed by atoms with Crippen LogP contribution in [0.2, 0.25) is 0 Å². The summed E-state index contributed by atoms with van der Waals surface area (Å²) in [7, 11) is 5.94. The normalized spacial score (nSPS) is 12.2. The van der Waals surface area contributed by atoms with Crippen molar-refractivity contribution in [2.75, 3.05) is 42.8 Å². The maximum Gasteiger partial charge on any atom is 0.229 e. The number of rotatable bonds is 10. The number of anilines is 4. The molecule has 0 saturated carbocycles. The lowest BCUT2D eigenvalue weighted by Crippen LogP contribution is -2.23. The maximum absolute atomic E-state index is 5.84. The van der Waals surface area contributed by atoms with Crippen molar-refractivity contribution in [3.8, 4) is 0 Å². The molecule has 0 saturated heterocycles. The van der Waals surface area contributed by atoms with Crippen LogP contribution in [0.3, 0.4) is 0 Å². The van der Waals surface area contributed by atoms with E-state index >= 15 is 0 Å². The maximum atomic E-state index is 5.84. The molecule has 0 aliphatic carbocycles. The molecule has 164 valence electrons. The minimum absolute atomic E-state index is 0.657. The quantitative estimate of drug-likeness (QED) is 0.532. The van der Waals surface area contributed by atoms with Crippen LogP contribution in [0.25, 0.3) is 0 Å². The van der Waals surface area contributed by atoms with Gasteiger partial charge in [0.2, 0.25) is 5.95 Å². The molecule has 3 N–H and O–H groups in total. The monoisotopic (exact) mass is 418 g/mol. The zero-order chi connectivity index (χ0) is 22.8. The van der Waals surface area contributed by atoms with Gasteiger partial charge in [-0.2, -0.15) is 9.97 Å². The Morgan fingerprint density at radius 1 is 1.16 bits per heavy atom. The number of hydrogen-bond acceptors (Lipinski definition) is 6. The standard InChI is InChI=1S/C25H34N6/c1-7-8-9-20(3)16-21(18-26)14-15-31(6)25-28-23(17-24(29-25)30(4)5)27-22-12-10-19(2)11-13-22/h7-13,16-18H,1,14-15,26H2,2-6H3,(H,27,28,29)/b9-8-,20-16+,21-18-. The van der Waals surface area contributed by atoms with Crippen molar-refractivity contribution in [2.24, 2.45) is 5.73 Å². The van der Waals surface area contributed by atoms with Gasteiger partial charge in [0, 0.05) is 39.4 Å². The zero-order valence-corrected chi connectivity index (χ0v) is 19.3. The van der Waals surface area contributed by atoms with Gasteiger partial charge in [-0.05, 0) is 44.2 Å². The molecule has 1 aromatic carbocycles. The fraction of sp³-hybridized carbons (Fsp3) is 0.280. The molecule has 1 heterocycles. The SMILES string of the molecule is C=C\C=C/C(C)=C/C(=C\N)CCN(C)c1nc(Nc2ccc(C)cc2)cc(N(C)C)n1. The fourth-order valence-electron chi connectivity index (χ4n) is 2.83. The molecule has 0 spiro atoms. The highest BCUT2D eigenvalue weighted by atomic mass is 15.3. The third-order valence-corrected chi connectivity index (χ3v) is 4.68. The Balaban J connectivity index is 2.17. The van der Waals surface area contributed by atoms with Crippen LogP contribution < -0.4 is 20.9 Å². The molecule has 0 amide bonds. The van der Waals surface area contributed by atoms with E-state index in [1.54, 1.807) is 12.3 Å². The first-order valence-electron chi connectivity index (χ1n) is 10.3. The Morgan fingerprint density at radius 3 is 2.48 bits per heavy atom. The number of nitrogens with zero attached hydrogens (tertiary/aromatic N) is 4. The van der Waals surface area contributed by atoms with E-state index in [2.05, 4.69) is 37.0 Å². The lowest BCUT2D eigenvalue weighted by atomic mass is 10.1. The van der Waals surface area contributed by atoms with Gasteiger partial charge >= 0.3 is 0 Å². The highest BCUT2D eigenvalue weighted by Crippen LogP contribution is 2.22. The molecule has 0 aliphatic rings. The molecule has 31 heavy (non-hydrogen) atoms. The zero-order valence-electron chi connectivity index (χ0n) is 19.3. The molecule has 0 bridgehead atoms. The van der Waals surface area contributed by atoms with E-state index in [1.165, 1.54) is 5.56 Å². The largest absolute Gasteiger partial charge is 0.404 e. The molecule has 6 nitrogen and oxygen atoms in total. The summed E-state index contributed by atoms with van der Waals surface area (Å²) >= 11 is 0. The van der Waals surface area contributed by atoms with E-state index in [9.17, 15) is 0 Å². The van der Waals surface area contributed by atoms with Gasteiger partial charge in [-0.3, -0.25) is 0 Å². The average molecular weight is 419 g/mol.